The van der Waals surface area contributed by atoms with E-state index in [1.54, 1.807) is 6.20 Å². The van der Waals surface area contributed by atoms with Crippen molar-refractivity contribution in [3.63, 3.8) is 0 Å². The van der Waals surface area contributed by atoms with Crippen LogP contribution in [0.2, 0.25) is 0 Å². The Hall–Kier alpha value is -2.18. The van der Waals surface area contributed by atoms with Gasteiger partial charge in [-0.2, -0.15) is 5.26 Å². The van der Waals surface area contributed by atoms with Crippen LogP contribution >= 0.6 is 0 Å². The SMILES string of the molecule is CC(C)(CNCc1ccnc(C#N)c1)c1ccccc1. The molecule has 0 unspecified atom stereocenters. The van der Waals surface area contributed by atoms with E-state index in [-0.39, 0.29) is 5.41 Å². The standard InChI is InChI=1S/C17H19N3/c1-17(2,15-6-4-3-5-7-15)13-19-12-14-8-9-20-16(10-14)11-18/h3-10,19H,12-13H2,1-2H3. The Morgan fingerprint density at radius 3 is 2.65 bits per heavy atom. The Morgan fingerprint density at radius 1 is 1.20 bits per heavy atom. The number of rotatable bonds is 5. The summed E-state index contributed by atoms with van der Waals surface area (Å²) in [5, 5.41) is 12.3. The van der Waals surface area contributed by atoms with Gasteiger partial charge in [-0.05, 0) is 23.3 Å². The Balaban J connectivity index is 1.94. The van der Waals surface area contributed by atoms with E-state index in [1.807, 2.05) is 18.2 Å². The van der Waals surface area contributed by atoms with Crippen LogP contribution in [0.15, 0.2) is 48.7 Å². The van der Waals surface area contributed by atoms with Gasteiger partial charge in [0, 0.05) is 24.7 Å². The Kier molecular flexibility index (Phi) is 4.49. The molecule has 0 amide bonds. The van der Waals surface area contributed by atoms with E-state index < -0.39 is 0 Å². The molecule has 0 aliphatic carbocycles. The van der Waals surface area contributed by atoms with E-state index in [4.69, 9.17) is 5.26 Å². The summed E-state index contributed by atoms with van der Waals surface area (Å²) in [6.07, 6.45) is 1.68. The van der Waals surface area contributed by atoms with Crippen LogP contribution in [0.1, 0.15) is 30.7 Å². The topological polar surface area (TPSA) is 48.7 Å². The Bertz CT molecular complexity index is 597. The lowest BCUT2D eigenvalue weighted by Gasteiger charge is -2.25. The summed E-state index contributed by atoms with van der Waals surface area (Å²) in [6.45, 7) is 6.07. The molecule has 1 aromatic heterocycles. The van der Waals surface area contributed by atoms with Gasteiger partial charge in [0.15, 0.2) is 0 Å². The fourth-order valence-corrected chi connectivity index (χ4v) is 2.16. The van der Waals surface area contributed by atoms with Gasteiger partial charge in [-0.1, -0.05) is 44.2 Å². The molecule has 1 N–H and O–H groups in total. The third-order valence-electron chi connectivity index (χ3n) is 3.39. The van der Waals surface area contributed by atoms with Gasteiger partial charge in [0.05, 0.1) is 0 Å². The molecule has 0 aliphatic heterocycles. The quantitative estimate of drug-likeness (QED) is 0.904. The van der Waals surface area contributed by atoms with Crippen LogP contribution in [0.5, 0.6) is 0 Å². The first kappa shape index (κ1) is 14.2. The number of nitrogens with zero attached hydrogens (tertiary/aromatic N) is 2. The molecule has 2 rings (SSSR count). The van der Waals surface area contributed by atoms with Crippen LogP contribution in [0.25, 0.3) is 0 Å². The lowest BCUT2D eigenvalue weighted by molar-refractivity contribution is 0.469. The summed E-state index contributed by atoms with van der Waals surface area (Å²) in [4.78, 5) is 3.97. The van der Waals surface area contributed by atoms with E-state index in [0.29, 0.717) is 5.69 Å². The molecule has 0 fully saturated rings. The molecule has 1 aromatic carbocycles. The summed E-state index contributed by atoms with van der Waals surface area (Å²) in [7, 11) is 0. The second-order valence-corrected chi connectivity index (χ2v) is 5.51. The fourth-order valence-electron chi connectivity index (χ4n) is 2.16. The molecule has 0 saturated heterocycles. The van der Waals surface area contributed by atoms with Crippen molar-refractivity contribution in [3.8, 4) is 6.07 Å². The van der Waals surface area contributed by atoms with Crippen molar-refractivity contribution in [2.75, 3.05) is 6.54 Å². The number of pyridine rings is 1. The number of nitrogens with one attached hydrogen (secondary N) is 1. The smallest absolute Gasteiger partial charge is 0.140 e. The molecule has 0 bridgehead atoms. The van der Waals surface area contributed by atoms with Gasteiger partial charge in [-0.25, -0.2) is 4.98 Å². The van der Waals surface area contributed by atoms with E-state index in [0.717, 1.165) is 18.7 Å². The Labute approximate surface area is 120 Å². The molecular weight excluding hydrogens is 246 g/mol. The second-order valence-electron chi connectivity index (χ2n) is 5.51. The third kappa shape index (κ3) is 3.66. The van der Waals surface area contributed by atoms with Gasteiger partial charge >= 0.3 is 0 Å². The fraction of sp³-hybridized carbons (Fsp3) is 0.294. The highest BCUT2D eigenvalue weighted by atomic mass is 14.9. The van der Waals surface area contributed by atoms with Crippen molar-refractivity contribution < 1.29 is 0 Å². The van der Waals surface area contributed by atoms with Crippen molar-refractivity contribution in [1.82, 2.24) is 10.3 Å². The van der Waals surface area contributed by atoms with Crippen molar-refractivity contribution in [1.29, 1.82) is 5.26 Å². The zero-order valence-corrected chi connectivity index (χ0v) is 11.9. The zero-order valence-electron chi connectivity index (χ0n) is 11.9. The first-order valence-corrected chi connectivity index (χ1v) is 6.73. The number of hydrogen-bond acceptors (Lipinski definition) is 3. The minimum Gasteiger partial charge on any atom is -0.312 e. The molecule has 0 aliphatic rings. The molecule has 20 heavy (non-hydrogen) atoms. The minimum absolute atomic E-state index is 0.0757. The lowest BCUT2D eigenvalue weighted by atomic mass is 9.84. The van der Waals surface area contributed by atoms with Crippen LogP contribution in [0, 0.1) is 11.3 Å². The van der Waals surface area contributed by atoms with E-state index >= 15 is 0 Å². The van der Waals surface area contributed by atoms with E-state index in [2.05, 4.69) is 54.5 Å². The minimum atomic E-state index is 0.0757. The average molecular weight is 265 g/mol. The molecule has 2 aromatic rings. The molecule has 0 radical (unpaired) electrons. The lowest BCUT2D eigenvalue weighted by Crippen LogP contribution is -2.32. The van der Waals surface area contributed by atoms with E-state index in [9.17, 15) is 0 Å². The first-order chi connectivity index (χ1) is 9.62. The first-order valence-electron chi connectivity index (χ1n) is 6.73. The molecule has 3 nitrogen and oxygen atoms in total. The summed E-state index contributed by atoms with van der Waals surface area (Å²) >= 11 is 0. The highest BCUT2D eigenvalue weighted by molar-refractivity contribution is 5.26. The monoisotopic (exact) mass is 265 g/mol. The normalized spacial score (nSPS) is 11.1. The van der Waals surface area contributed by atoms with Gasteiger partial charge in [0.25, 0.3) is 0 Å². The summed E-state index contributed by atoms with van der Waals surface area (Å²) < 4.78 is 0. The molecule has 3 heteroatoms. The molecule has 1 heterocycles. The molecule has 0 spiro atoms. The summed E-state index contributed by atoms with van der Waals surface area (Å²) in [5.41, 5.74) is 2.94. The van der Waals surface area contributed by atoms with Gasteiger partial charge in [-0.15, -0.1) is 0 Å². The zero-order chi connectivity index (χ0) is 14.4. The molecule has 102 valence electrons. The maximum atomic E-state index is 8.83. The summed E-state index contributed by atoms with van der Waals surface area (Å²) in [6, 6.07) is 16.3. The van der Waals surface area contributed by atoms with Crippen LogP contribution in [-0.4, -0.2) is 11.5 Å². The molecule has 0 atom stereocenters. The largest absolute Gasteiger partial charge is 0.312 e. The van der Waals surface area contributed by atoms with Crippen molar-refractivity contribution in [2.45, 2.75) is 25.8 Å². The van der Waals surface area contributed by atoms with Crippen molar-refractivity contribution in [2.24, 2.45) is 0 Å². The maximum absolute atomic E-state index is 8.83. The number of nitriles is 1. The van der Waals surface area contributed by atoms with Crippen LogP contribution in [0.3, 0.4) is 0 Å². The predicted molar refractivity (Wildman–Crippen MR) is 80.1 cm³/mol. The van der Waals surface area contributed by atoms with Crippen LogP contribution < -0.4 is 5.32 Å². The maximum Gasteiger partial charge on any atom is 0.140 e. The average Bonchev–Trinajstić information content (AvgIpc) is 2.48. The van der Waals surface area contributed by atoms with E-state index in [1.165, 1.54) is 5.56 Å². The molecular formula is C17H19N3. The number of aromatic nitrogens is 1. The second kappa shape index (κ2) is 6.31. The Morgan fingerprint density at radius 2 is 1.95 bits per heavy atom. The highest BCUT2D eigenvalue weighted by Gasteiger charge is 2.19. The van der Waals surface area contributed by atoms with Crippen molar-refractivity contribution in [3.05, 3.63) is 65.5 Å². The third-order valence-corrected chi connectivity index (χ3v) is 3.39. The predicted octanol–water partition coefficient (Wildman–Crippen LogP) is 3.02. The van der Waals surface area contributed by atoms with Gasteiger partial charge in [0.1, 0.15) is 11.8 Å². The van der Waals surface area contributed by atoms with Crippen molar-refractivity contribution >= 4 is 0 Å². The van der Waals surface area contributed by atoms with Gasteiger partial charge < -0.3 is 5.32 Å². The molecule has 0 saturated carbocycles. The van der Waals surface area contributed by atoms with Gasteiger partial charge in [-0.3, -0.25) is 0 Å². The van der Waals surface area contributed by atoms with Gasteiger partial charge in [0.2, 0.25) is 0 Å². The number of benzene rings is 1. The van der Waals surface area contributed by atoms with Crippen LogP contribution in [0.4, 0.5) is 0 Å². The summed E-state index contributed by atoms with van der Waals surface area (Å²) in [5.74, 6) is 0. The van der Waals surface area contributed by atoms with Crippen LogP contribution in [-0.2, 0) is 12.0 Å². The number of hydrogen-bond donors (Lipinski definition) is 1. The highest BCUT2D eigenvalue weighted by Crippen LogP contribution is 2.21.